The van der Waals surface area contributed by atoms with E-state index in [1.165, 1.54) is 6.21 Å². The number of carbonyl (C=O) groups excluding carboxylic acids is 1. The van der Waals surface area contributed by atoms with Crippen LogP contribution in [0.2, 0.25) is 0 Å². The van der Waals surface area contributed by atoms with Crippen molar-refractivity contribution in [3.8, 4) is 0 Å². The first kappa shape index (κ1) is 10.8. The third kappa shape index (κ3) is 1.78. The predicted octanol–water partition coefficient (Wildman–Crippen LogP) is 1.29. The van der Waals surface area contributed by atoms with Crippen LogP contribution in [-0.2, 0) is 4.79 Å². The van der Waals surface area contributed by atoms with Crippen LogP contribution in [0.3, 0.4) is 0 Å². The lowest BCUT2D eigenvalue weighted by molar-refractivity contribution is -0.123. The second-order valence-electron chi connectivity index (χ2n) is 4.17. The number of allylic oxidation sites excluding steroid dienone is 2. The van der Waals surface area contributed by atoms with Crippen LogP contribution in [0, 0.1) is 11.3 Å². The molecule has 0 saturated heterocycles. The third-order valence-electron chi connectivity index (χ3n) is 3.09. The first-order valence-corrected chi connectivity index (χ1v) is 4.66. The summed E-state index contributed by atoms with van der Waals surface area (Å²) < 4.78 is 0. The van der Waals surface area contributed by atoms with Crippen molar-refractivity contribution in [2.24, 2.45) is 22.2 Å². The van der Waals surface area contributed by atoms with Crippen LogP contribution in [0.4, 0.5) is 0 Å². The fourth-order valence-electron chi connectivity index (χ4n) is 2.13. The molecular formula is C10H16N2O2. The quantitative estimate of drug-likeness (QED) is 0.396. The van der Waals surface area contributed by atoms with Crippen LogP contribution in [0.1, 0.15) is 26.7 Å². The maximum absolute atomic E-state index is 11.1. The predicted molar refractivity (Wildman–Crippen MR) is 54.1 cm³/mol. The maximum atomic E-state index is 11.1. The topological polar surface area (TPSA) is 75.7 Å². The van der Waals surface area contributed by atoms with Crippen molar-refractivity contribution in [2.75, 3.05) is 0 Å². The summed E-state index contributed by atoms with van der Waals surface area (Å²) in [5, 5.41) is 11.2. The third-order valence-corrected chi connectivity index (χ3v) is 3.09. The fourth-order valence-corrected chi connectivity index (χ4v) is 2.13. The molecule has 1 aliphatic carbocycles. The molecule has 4 nitrogen and oxygen atoms in total. The zero-order chi connectivity index (χ0) is 10.8. The average molecular weight is 196 g/mol. The van der Waals surface area contributed by atoms with E-state index in [4.69, 9.17) is 10.9 Å². The van der Waals surface area contributed by atoms with Gasteiger partial charge in [-0.25, -0.2) is 0 Å². The number of oxime groups is 1. The van der Waals surface area contributed by atoms with Gasteiger partial charge in [-0.3, -0.25) is 4.79 Å². The molecule has 78 valence electrons. The van der Waals surface area contributed by atoms with Crippen molar-refractivity contribution in [1.29, 1.82) is 0 Å². The summed E-state index contributed by atoms with van der Waals surface area (Å²) in [6, 6.07) is 0. The Hall–Kier alpha value is -1.32. The second kappa shape index (κ2) is 3.82. The minimum atomic E-state index is -0.251. The Bertz CT molecular complexity index is 292. The van der Waals surface area contributed by atoms with Gasteiger partial charge in [-0.15, -0.1) is 0 Å². The number of amides is 1. The lowest BCUT2D eigenvalue weighted by Crippen LogP contribution is -2.32. The zero-order valence-electron chi connectivity index (χ0n) is 8.53. The molecule has 0 spiro atoms. The molecule has 0 aliphatic heterocycles. The first-order chi connectivity index (χ1) is 6.50. The van der Waals surface area contributed by atoms with Gasteiger partial charge in [0.2, 0.25) is 5.91 Å². The number of carbonyl (C=O) groups is 1. The molecule has 14 heavy (non-hydrogen) atoms. The number of nitrogens with zero attached hydrogens (tertiary/aromatic N) is 1. The minimum absolute atomic E-state index is 0.110. The Balaban J connectivity index is 2.91. The number of rotatable bonds is 2. The second-order valence-corrected chi connectivity index (χ2v) is 4.17. The molecule has 1 rings (SSSR count). The summed E-state index contributed by atoms with van der Waals surface area (Å²) in [6.07, 6.45) is 4.71. The zero-order valence-corrected chi connectivity index (χ0v) is 8.53. The summed E-state index contributed by atoms with van der Waals surface area (Å²) in [6.45, 7) is 3.99. The standard InChI is InChI=1S/C10H16N2O2/c1-10(2)7(5-6-12-14)3-4-8(10)9(11)13/h5-6,8,14H,3-4H2,1-2H3,(H2,11,13)/b7-5+,12-6+. The van der Waals surface area contributed by atoms with E-state index in [-0.39, 0.29) is 17.2 Å². The van der Waals surface area contributed by atoms with Gasteiger partial charge in [-0.05, 0) is 24.3 Å². The summed E-state index contributed by atoms with van der Waals surface area (Å²) in [7, 11) is 0. The van der Waals surface area contributed by atoms with Gasteiger partial charge in [-0.2, -0.15) is 0 Å². The van der Waals surface area contributed by atoms with E-state index in [1.54, 1.807) is 6.08 Å². The van der Waals surface area contributed by atoms with Crippen LogP contribution in [0.5, 0.6) is 0 Å². The SMILES string of the molecule is CC1(C)/C(=C/C=N/O)CCC1C(N)=O. The molecule has 0 aromatic heterocycles. The van der Waals surface area contributed by atoms with Crippen molar-refractivity contribution in [2.45, 2.75) is 26.7 Å². The van der Waals surface area contributed by atoms with Crippen molar-refractivity contribution in [1.82, 2.24) is 0 Å². The maximum Gasteiger partial charge on any atom is 0.221 e. The van der Waals surface area contributed by atoms with Gasteiger partial charge in [0, 0.05) is 5.92 Å². The van der Waals surface area contributed by atoms with E-state index in [2.05, 4.69) is 5.16 Å². The Morgan fingerprint density at radius 2 is 2.36 bits per heavy atom. The highest BCUT2D eigenvalue weighted by atomic mass is 16.4. The smallest absolute Gasteiger partial charge is 0.221 e. The molecule has 0 radical (unpaired) electrons. The van der Waals surface area contributed by atoms with E-state index in [0.29, 0.717) is 0 Å². The molecule has 1 aliphatic rings. The summed E-state index contributed by atoms with van der Waals surface area (Å²) in [5.74, 6) is -0.361. The normalized spacial score (nSPS) is 28.7. The summed E-state index contributed by atoms with van der Waals surface area (Å²) >= 11 is 0. The number of nitrogens with two attached hydrogens (primary N) is 1. The lowest BCUT2D eigenvalue weighted by atomic mass is 9.78. The number of hydrogen-bond acceptors (Lipinski definition) is 3. The monoisotopic (exact) mass is 196 g/mol. The highest BCUT2D eigenvalue weighted by Gasteiger charge is 2.41. The van der Waals surface area contributed by atoms with Crippen molar-refractivity contribution < 1.29 is 10.0 Å². The van der Waals surface area contributed by atoms with Crippen LogP contribution in [-0.4, -0.2) is 17.3 Å². The van der Waals surface area contributed by atoms with Crippen molar-refractivity contribution in [3.63, 3.8) is 0 Å². The van der Waals surface area contributed by atoms with Gasteiger partial charge in [0.1, 0.15) is 0 Å². The minimum Gasteiger partial charge on any atom is -0.411 e. The van der Waals surface area contributed by atoms with E-state index in [9.17, 15) is 4.79 Å². The molecule has 1 amide bonds. The van der Waals surface area contributed by atoms with Gasteiger partial charge in [0.15, 0.2) is 0 Å². The van der Waals surface area contributed by atoms with Crippen LogP contribution >= 0.6 is 0 Å². The molecule has 3 N–H and O–H groups in total. The van der Waals surface area contributed by atoms with Crippen molar-refractivity contribution >= 4 is 12.1 Å². The molecule has 4 heteroatoms. The number of hydrogen-bond donors (Lipinski definition) is 2. The first-order valence-electron chi connectivity index (χ1n) is 4.66. The van der Waals surface area contributed by atoms with E-state index in [0.717, 1.165) is 18.4 Å². The van der Waals surface area contributed by atoms with Crippen LogP contribution in [0.15, 0.2) is 16.8 Å². The highest BCUT2D eigenvalue weighted by Crippen LogP contribution is 2.46. The summed E-state index contributed by atoms with van der Waals surface area (Å²) in [4.78, 5) is 11.1. The molecule has 0 aromatic carbocycles. The average Bonchev–Trinajstić information content (AvgIpc) is 2.37. The van der Waals surface area contributed by atoms with Gasteiger partial charge in [0.25, 0.3) is 0 Å². The Morgan fingerprint density at radius 3 is 2.79 bits per heavy atom. The molecule has 0 heterocycles. The Morgan fingerprint density at radius 1 is 1.71 bits per heavy atom. The van der Waals surface area contributed by atoms with Crippen LogP contribution < -0.4 is 5.73 Å². The Kier molecular flexibility index (Phi) is 2.93. The number of primary amides is 1. The Labute approximate surface area is 83.5 Å². The van der Waals surface area contributed by atoms with E-state index >= 15 is 0 Å². The largest absolute Gasteiger partial charge is 0.411 e. The molecule has 0 aromatic rings. The van der Waals surface area contributed by atoms with Crippen molar-refractivity contribution in [3.05, 3.63) is 11.6 Å². The van der Waals surface area contributed by atoms with Gasteiger partial charge in [0.05, 0.1) is 6.21 Å². The molecule has 1 atom stereocenters. The van der Waals surface area contributed by atoms with E-state index < -0.39 is 0 Å². The van der Waals surface area contributed by atoms with Gasteiger partial charge < -0.3 is 10.9 Å². The summed E-state index contributed by atoms with van der Waals surface area (Å²) in [5.41, 5.74) is 6.21. The molecule has 1 fully saturated rings. The van der Waals surface area contributed by atoms with E-state index in [1.807, 2.05) is 13.8 Å². The molecule has 1 saturated carbocycles. The fraction of sp³-hybridized carbons (Fsp3) is 0.600. The van der Waals surface area contributed by atoms with Gasteiger partial charge in [-0.1, -0.05) is 24.6 Å². The lowest BCUT2D eigenvalue weighted by Gasteiger charge is -2.25. The molecular weight excluding hydrogens is 180 g/mol. The van der Waals surface area contributed by atoms with Gasteiger partial charge >= 0.3 is 0 Å². The highest BCUT2D eigenvalue weighted by molar-refractivity contribution is 5.80. The molecule has 1 unspecified atom stereocenters. The van der Waals surface area contributed by atoms with Crippen LogP contribution in [0.25, 0.3) is 0 Å². The molecule has 0 bridgehead atoms.